The quantitative estimate of drug-likeness (QED) is 0.504. The molecule has 0 unspecified atom stereocenters. The van der Waals surface area contributed by atoms with Crippen LogP contribution in [0.5, 0.6) is 11.5 Å². The number of nitrogens with two attached hydrogens (primary N) is 1. The highest BCUT2D eigenvalue weighted by Gasteiger charge is 2.35. The smallest absolute Gasteiger partial charge is 0.417 e. The molecule has 0 bridgehead atoms. The van der Waals surface area contributed by atoms with Gasteiger partial charge in [0.05, 0.1) is 38.5 Å². The number of methoxy groups -OCH3 is 2. The van der Waals surface area contributed by atoms with Crippen molar-refractivity contribution in [2.24, 2.45) is 0 Å². The Labute approximate surface area is 230 Å². The number of aromatic nitrogens is 1. The zero-order valence-corrected chi connectivity index (χ0v) is 22.5. The second kappa shape index (κ2) is 11.3. The number of hydrogen-bond donors (Lipinski definition) is 1. The molecule has 2 fully saturated rings. The van der Waals surface area contributed by atoms with E-state index in [4.69, 9.17) is 24.9 Å². The number of pyridine rings is 1. The summed E-state index contributed by atoms with van der Waals surface area (Å²) in [5.41, 5.74) is 6.47. The summed E-state index contributed by atoms with van der Waals surface area (Å²) in [6, 6.07) is 8.59. The van der Waals surface area contributed by atoms with Crippen molar-refractivity contribution < 1.29 is 32.2 Å². The Morgan fingerprint density at radius 3 is 2.40 bits per heavy atom. The van der Waals surface area contributed by atoms with E-state index in [1.54, 1.807) is 12.1 Å². The van der Waals surface area contributed by atoms with Gasteiger partial charge in [-0.2, -0.15) is 13.2 Å². The standard InChI is InChI=1S/C28H32F3N5O4/c1-38-22-17-21-25(24(26(22)39-2)18-6-3-4-7-19(18)28(29,30)31)20(32)16-23(33-21)34-8-5-9-35(11-10-34)27(37)36-12-14-40-15-13-36/h3-4,6-7,16-17H,5,8-15H2,1-2H3,(H2,32,33). The van der Waals surface area contributed by atoms with Crippen LogP contribution in [-0.2, 0) is 10.9 Å². The Morgan fingerprint density at radius 1 is 0.975 bits per heavy atom. The fourth-order valence-electron chi connectivity index (χ4n) is 5.39. The molecule has 5 rings (SSSR count). The third-order valence-electron chi connectivity index (χ3n) is 7.33. The number of nitrogen functional groups attached to an aromatic ring is 1. The van der Waals surface area contributed by atoms with Crippen LogP contribution in [0.1, 0.15) is 12.0 Å². The van der Waals surface area contributed by atoms with Crippen LogP contribution in [0.4, 0.5) is 29.5 Å². The average molecular weight is 560 g/mol. The predicted molar refractivity (Wildman–Crippen MR) is 146 cm³/mol. The van der Waals surface area contributed by atoms with Crippen molar-refractivity contribution in [1.29, 1.82) is 0 Å². The minimum absolute atomic E-state index is 0.000868. The van der Waals surface area contributed by atoms with E-state index in [0.29, 0.717) is 69.2 Å². The number of rotatable bonds is 4. The van der Waals surface area contributed by atoms with Gasteiger partial charge in [-0.05, 0) is 18.1 Å². The van der Waals surface area contributed by atoms with Crippen LogP contribution in [0.25, 0.3) is 22.0 Å². The summed E-state index contributed by atoms with van der Waals surface area (Å²) in [5.74, 6) is 0.956. The molecule has 2 amide bonds. The van der Waals surface area contributed by atoms with Crippen molar-refractivity contribution in [2.45, 2.75) is 12.6 Å². The number of carbonyl (C=O) groups excluding carboxylic acids is 1. The SMILES string of the molecule is COc1cc2nc(N3CCCN(C(=O)N4CCOCC4)CC3)cc(N)c2c(-c2ccccc2C(F)(F)F)c1OC. The summed E-state index contributed by atoms with van der Waals surface area (Å²) in [5, 5.41) is 0.344. The van der Waals surface area contributed by atoms with Crippen LogP contribution >= 0.6 is 0 Å². The maximum atomic E-state index is 14.0. The molecule has 0 radical (unpaired) electrons. The third-order valence-corrected chi connectivity index (χ3v) is 7.33. The average Bonchev–Trinajstić information content (AvgIpc) is 3.22. The summed E-state index contributed by atoms with van der Waals surface area (Å²) < 4.78 is 58.6. The predicted octanol–water partition coefficient (Wildman–Crippen LogP) is 4.48. The van der Waals surface area contributed by atoms with Gasteiger partial charge in [-0.15, -0.1) is 0 Å². The molecule has 214 valence electrons. The molecule has 2 aliphatic rings. The summed E-state index contributed by atoms with van der Waals surface area (Å²) in [6.07, 6.45) is -3.87. The Morgan fingerprint density at radius 2 is 1.70 bits per heavy atom. The minimum Gasteiger partial charge on any atom is -0.493 e. The number of alkyl halides is 3. The summed E-state index contributed by atoms with van der Waals surface area (Å²) in [6.45, 7) is 4.52. The monoisotopic (exact) mass is 559 g/mol. The number of ether oxygens (including phenoxy) is 3. The first-order valence-corrected chi connectivity index (χ1v) is 13.1. The lowest BCUT2D eigenvalue weighted by Crippen LogP contribution is -2.49. The van der Waals surface area contributed by atoms with Gasteiger partial charge in [0, 0.05) is 68.0 Å². The Hall–Kier alpha value is -3.93. The van der Waals surface area contributed by atoms with Crippen molar-refractivity contribution in [1.82, 2.24) is 14.8 Å². The van der Waals surface area contributed by atoms with Gasteiger partial charge in [-0.3, -0.25) is 0 Å². The number of amides is 2. The first-order valence-electron chi connectivity index (χ1n) is 13.1. The largest absolute Gasteiger partial charge is 0.493 e. The lowest BCUT2D eigenvalue weighted by atomic mass is 9.93. The molecule has 12 heteroatoms. The zero-order chi connectivity index (χ0) is 28.4. The molecule has 0 saturated carbocycles. The van der Waals surface area contributed by atoms with Crippen LogP contribution in [0.2, 0.25) is 0 Å². The molecule has 0 spiro atoms. The lowest BCUT2D eigenvalue weighted by Gasteiger charge is -2.32. The molecule has 0 aliphatic carbocycles. The van der Waals surface area contributed by atoms with Gasteiger partial charge in [-0.25, -0.2) is 9.78 Å². The number of halogens is 3. The summed E-state index contributed by atoms with van der Waals surface area (Å²) >= 11 is 0. The molecule has 9 nitrogen and oxygen atoms in total. The Kier molecular flexibility index (Phi) is 7.79. The van der Waals surface area contributed by atoms with Crippen molar-refractivity contribution in [3.63, 3.8) is 0 Å². The number of urea groups is 1. The molecule has 2 aliphatic heterocycles. The second-order valence-electron chi connectivity index (χ2n) is 9.70. The highest BCUT2D eigenvalue weighted by Crippen LogP contribution is 2.49. The molecular formula is C28H32F3N5O4. The van der Waals surface area contributed by atoms with Crippen molar-refractivity contribution >= 4 is 28.4 Å². The van der Waals surface area contributed by atoms with E-state index >= 15 is 0 Å². The highest BCUT2D eigenvalue weighted by molar-refractivity contribution is 6.07. The van der Waals surface area contributed by atoms with Crippen LogP contribution in [-0.4, -0.2) is 87.5 Å². The molecular weight excluding hydrogens is 527 g/mol. The second-order valence-corrected chi connectivity index (χ2v) is 9.70. The molecule has 1 aromatic heterocycles. The van der Waals surface area contributed by atoms with Crippen molar-refractivity contribution in [3.8, 4) is 22.6 Å². The van der Waals surface area contributed by atoms with E-state index in [1.165, 1.54) is 32.4 Å². The molecule has 2 saturated heterocycles. The number of morpholine rings is 1. The van der Waals surface area contributed by atoms with E-state index in [9.17, 15) is 18.0 Å². The number of carbonyl (C=O) groups is 1. The van der Waals surface area contributed by atoms with E-state index in [-0.39, 0.29) is 34.3 Å². The fourth-order valence-corrected chi connectivity index (χ4v) is 5.39. The first-order chi connectivity index (χ1) is 19.2. The first kappa shape index (κ1) is 27.6. The summed E-state index contributed by atoms with van der Waals surface area (Å²) in [4.78, 5) is 23.5. The normalized spacial score (nSPS) is 16.7. The minimum atomic E-state index is -4.60. The highest BCUT2D eigenvalue weighted by atomic mass is 19.4. The zero-order valence-electron chi connectivity index (χ0n) is 22.5. The Bertz CT molecular complexity index is 1390. The van der Waals surface area contributed by atoms with E-state index in [0.717, 1.165) is 12.5 Å². The van der Waals surface area contributed by atoms with Crippen LogP contribution < -0.4 is 20.1 Å². The maximum absolute atomic E-state index is 14.0. The molecule has 2 aromatic carbocycles. The Balaban J connectivity index is 1.54. The molecule has 3 heterocycles. The molecule has 0 atom stereocenters. The number of fused-ring (bicyclic) bond motifs is 1. The van der Waals surface area contributed by atoms with E-state index < -0.39 is 11.7 Å². The van der Waals surface area contributed by atoms with Gasteiger partial charge < -0.3 is 34.6 Å². The number of hydrogen-bond acceptors (Lipinski definition) is 7. The van der Waals surface area contributed by atoms with Gasteiger partial charge in [0.15, 0.2) is 11.5 Å². The number of anilines is 2. The van der Waals surface area contributed by atoms with Gasteiger partial charge in [0.25, 0.3) is 0 Å². The maximum Gasteiger partial charge on any atom is 0.417 e. The van der Waals surface area contributed by atoms with Crippen LogP contribution in [0.15, 0.2) is 36.4 Å². The fraction of sp³-hybridized carbons (Fsp3) is 0.429. The van der Waals surface area contributed by atoms with Crippen LogP contribution in [0.3, 0.4) is 0 Å². The van der Waals surface area contributed by atoms with Crippen molar-refractivity contribution in [2.75, 3.05) is 77.3 Å². The topological polar surface area (TPSA) is 93.4 Å². The van der Waals surface area contributed by atoms with Crippen molar-refractivity contribution in [3.05, 3.63) is 42.0 Å². The number of benzene rings is 2. The van der Waals surface area contributed by atoms with Gasteiger partial charge in [-0.1, -0.05) is 18.2 Å². The van der Waals surface area contributed by atoms with Crippen LogP contribution in [0, 0.1) is 0 Å². The molecule has 3 aromatic rings. The van der Waals surface area contributed by atoms with Gasteiger partial charge in [0.2, 0.25) is 0 Å². The third kappa shape index (κ3) is 5.27. The van der Waals surface area contributed by atoms with Gasteiger partial charge >= 0.3 is 12.2 Å². The molecule has 40 heavy (non-hydrogen) atoms. The summed E-state index contributed by atoms with van der Waals surface area (Å²) in [7, 11) is 2.80. The lowest BCUT2D eigenvalue weighted by molar-refractivity contribution is -0.137. The van der Waals surface area contributed by atoms with E-state index in [2.05, 4.69) is 0 Å². The molecule has 2 N–H and O–H groups in total. The van der Waals surface area contributed by atoms with Gasteiger partial charge in [0.1, 0.15) is 5.82 Å². The van der Waals surface area contributed by atoms with E-state index in [1.807, 2.05) is 14.7 Å². The number of nitrogens with zero attached hydrogens (tertiary/aromatic N) is 4.